The number of rotatable bonds is 4. The molecule has 0 aliphatic heterocycles. The van der Waals surface area contributed by atoms with Crippen molar-refractivity contribution in [1.29, 1.82) is 0 Å². The summed E-state index contributed by atoms with van der Waals surface area (Å²) in [5.41, 5.74) is 2.31. The topological polar surface area (TPSA) is 38.7 Å². The van der Waals surface area contributed by atoms with Gasteiger partial charge in [-0.3, -0.25) is 0 Å². The second kappa shape index (κ2) is 6.16. The first-order valence-corrected chi connectivity index (χ1v) is 6.60. The largest absolute Gasteiger partial charge is 0.497 e. The number of hydrogen-bond acceptors (Lipinski definition) is 3. The van der Waals surface area contributed by atoms with Crippen molar-refractivity contribution in [3.63, 3.8) is 0 Å². The molecule has 20 heavy (non-hydrogen) atoms. The molecule has 0 spiro atoms. The Hall–Kier alpha value is -1.71. The van der Waals surface area contributed by atoms with E-state index in [0.29, 0.717) is 27.6 Å². The van der Waals surface area contributed by atoms with Crippen LogP contribution in [0.5, 0.6) is 11.5 Å². The third kappa shape index (κ3) is 2.89. The fourth-order valence-electron chi connectivity index (χ4n) is 2.07. The van der Waals surface area contributed by atoms with Gasteiger partial charge in [-0.1, -0.05) is 23.7 Å². The first-order chi connectivity index (χ1) is 9.56. The van der Waals surface area contributed by atoms with Gasteiger partial charge in [0.05, 0.1) is 14.2 Å². The molecule has 1 atom stereocenters. The van der Waals surface area contributed by atoms with Crippen LogP contribution in [0.2, 0.25) is 5.02 Å². The standard InChI is InChI=1S/C16H17ClO3/c1-10-4-6-12(14(17)8-10)16(18)13-9-11(19-2)5-7-15(13)20-3/h4-9,16,18H,1-3H3. The molecule has 0 fully saturated rings. The lowest BCUT2D eigenvalue weighted by Crippen LogP contribution is -2.04. The van der Waals surface area contributed by atoms with E-state index in [1.54, 1.807) is 32.4 Å². The summed E-state index contributed by atoms with van der Waals surface area (Å²) in [5, 5.41) is 11.1. The number of aryl methyl sites for hydroxylation is 1. The van der Waals surface area contributed by atoms with Crippen LogP contribution >= 0.6 is 11.6 Å². The van der Waals surface area contributed by atoms with Crippen molar-refractivity contribution in [1.82, 2.24) is 0 Å². The zero-order chi connectivity index (χ0) is 14.7. The van der Waals surface area contributed by atoms with Gasteiger partial charge < -0.3 is 14.6 Å². The van der Waals surface area contributed by atoms with Crippen molar-refractivity contribution in [2.45, 2.75) is 13.0 Å². The minimum absolute atomic E-state index is 0.530. The second-order valence-corrected chi connectivity index (χ2v) is 4.94. The highest BCUT2D eigenvalue weighted by atomic mass is 35.5. The summed E-state index contributed by atoms with van der Waals surface area (Å²) in [6.07, 6.45) is -0.867. The third-order valence-electron chi connectivity index (χ3n) is 3.18. The van der Waals surface area contributed by atoms with Gasteiger partial charge in [-0.15, -0.1) is 0 Å². The number of ether oxygens (including phenoxy) is 2. The molecule has 0 aromatic heterocycles. The van der Waals surface area contributed by atoms with Gasteiger partial charge in [0, 0.05) is 16.1 Å². The summed E-state index contributed by atoms with van der Waals surface area (Å²) in [4.78, 5) is 0. The first kappa shape index (κ1) is 14.7. The number of benzene rings is 2. The van der Waals surface area contributed by atoms with E-state index in [4.69, 9.17) is 21.1 Å². The first-order valence-electron chi connectivity index (χ1n) is 6.23. The molecule has 2 aromatic rings. The van der Waals surface area contributed by atoms with Crippen LogP contribution in [0.3, 0.4) is 0 Å². The molecule has 1 unspecified atom stereocenters. The van der Waals surface area contributed by atoms with Crippen LogP contribution in [0.4, 0.5) is 0 Å². The number of hydrogen-bond donors (Lipinski definition) is 1. The Labute approximate surface area is 123 Å². The van der Waals surface area contributed by atoms with Gasteiger partial charge in [0.15, 0.2) is 0 Å². The molecule has 1 N–H and O–H groups in total. The monoisotopic (exact) mass is 292 g/mol. The van der Waals surface area contributed by atoms with Crippen molar-refractivity contribution < 1.29 is 14.6 Å². The Morgan fingerprint density at radius 3 is 2.35 bits per heavy atom. The molecule has 4 heteroatoms. The number of methoxy groups -OCH3 is 2. The van der Waals surface area contributed by atoms with Crippen molar-refractivity contribution in [2.75, 3.05) is 14.2 Å². The van der Waals surface area contributed by atoms with Crippen LogP contribution in [-0.2, 0) is 0 Å². The lowest BCUT2D eigenvalue weighted by molar-refractivity contribution is 0.214. The SMILES string of the molecule is COc1ccc(OC)c(C(O)c2ccc(C)cc2Cl)c1. The van der Waals surface area contributed by atoms with E-state index >= 15 is 0 Å². The third-order valence-corrected chi connectivity index (χ3v) is 3.51. The van der Waals surface area contributed by atoms with Crippen LogP contribution in [-0.4, -0.2) is 19.3 Å². The summed E-state index contributed by atoms with van der Waals surface area (Å²) in [6.45, 7) is 1.95. The van der Waals surface area contributed by atoms with E-state index in [9.17, 15) is 5.11 Å². The van der Waals surface area contributed by atoms with Gasteiger partial charge in [0.2, 0.25) is 0 Å². The van der Waals surface area contributed by atoms with Gasteiger partial charge in [-0.25, -0.2) is 0 Å². The summed E-state index contributed by atoms with van der Waals surface area (Å²) >= 11 is 6.21. The van der Waals surface area contributed by atoms with Gasteiger partial charge in [-0.05, 0) is 36.8 Å². The summed E-state index contributed by atoms with van der Waals surface area (Å²) in [6, 6.07) is 10.9. The lowest BCUT2D eigenvalue weighted by atomic mass is 9.99. The molecular weight excluding hydrogens is 276 g/mol. The fourth-order valence-corrected chi connectivity index (χ4v) is 2.41. The van der Waals surface area contributed by atoms with Gasteiger partial charge >= 0.3 is 0 Å². The van der Waals surface area contributed by atoms with E-state index in [2.05, 4.69) is 0 Å². The second-order valence-electron chi connectivity index (χ2n) is 4.54. The Balaban J connectivity index is 2.48. The zero-order valence-electron chi connectivity index (χ0n) is 11.7. The van der Waals surface area contributed by atoms with E-state index in [0.717, 1.165) is 5.56 Å². The number of aliphatic hydroxyl groups excluding tert-OH is 1. The molecule has 3 nitrogen and oxygen atoms in total. The summed E-state index contributed by atoms with van der Waals surface area (Å²) in [5.74, 6) is 1.25. The van der Waals surface area contributed by atoms with Crippen LogP contribution in [0.1, 0.15) is 22.8 Å². The molecule has 2 rings (SSSR count). The van der Waals surface area contributed by atoms with E-state index in [-0.39, 0.29) is 0 Å². The molecule has 0 saturated heterocycles. The predicted molar refractivity (Wildman–Crippen MR) is 79.8 cm³/mol. The Kier molecular flexibility index (Phi) is 4.53. The van der Waals surface area contributed by atoms with E-state index in [1.165, 1.54) is 0 Å². The van der Waals surface area contributed by atoms with Crippen LogP contribution in [0.25, 0.3) is 0 Å². The maximum absolute atomic E-state index is 10.6. The normalized spacial score (nSPS) is 12.1. The molecule has 106 valence electrons. The van der Waals surface area contributed by atoms with Crippen LogP contribution < -0.4 is 9.47 Å². The van der Waals surface area contributed by atoms with Crippen LogP contribution in [0, 0.1) is 6.92 Å². The highest BCUT2D eigenvalue weighted by Gasteiger charge is 2.19. The minimum Gasteiger partial charge on any atom is -0.497 e. The molecule has 2 aromatic carbocycles. The average Bonchev–Trinajstić information content (AvgIpc) is 2.46. The van der Waals surface area contributed by atoms with Crippen LogP contribution in [0.15, 0.2) is 36.4 Å². The Morgan fingerprint density at radius 2 is 1.75 bits per heavy atom. The molecular formula is C16H17ClO3. The predicted octanol–water partition coefficient (Wildman–Crippen LogP) is 3.75. The van der Waals surface area contributed by atoms with Gasteiger partial charge in [0.25, 0.3) is 0 Å². The maximum Gasteiger partial charge on any atom is 0.125 e. The van der Waals surface area contributed by atoms with Crippen molar-refractivity contribution in [2.24, 2.45) is 0 Å². The Bertz CT molecular complexity index is 611. The maximum atomic E-state index is 10.6. The van der Waals surface area contributed by atoms with Crippen molar-refractivity contribution in [3.8, 4) is 11.5 Å². The molecule has 0 saturated carbocycles. The fraction of sp³-hybridized carbons (Fsp3) is 0.250. The lowest BCUT2D eigenvalue weighted by Gasteiger charge is -2.17. The van der Waals surface area contributed by atoms with Gasteiger partial charge in [0.1, 0.15) is 17.6 Å². The Morgan fingerprint density at radius 1 is 1.00 bits per heavy atom. The average molecular weight is 293 g/mol. The molecule has 0 heterocycles. The van der Waals surface area contributed by atoms with E-state index in [1.807, 2.05) is 25.1 Å². The zero-order valence-corrected chi connectivity index (χ0v) is 12.4. The van der Waals surface area contributed by atoms with Crippen molar-refractivity contribution >= 4 is 11.6 Å². The quantitative estimate of drug-likeness (QED) is 0.933. The molecule has 0 aliphatic rings. The van der Waals surface area contributed by atoms with E-state index < -0.39 is 6.10 Å². The smallest absolute Gasteiger partial charge is 0.125 e. The molecule has 0 aliphatic carbocycles. The highest BCUT2D eigenvalue weighted by molar-refractivity contribution is 6.31. The van der Waals surface area contributed by atoms with Gasteiger partial charge in [-0.2, -0.15) is 0 Å². The minimum atomic E-state index is -0.867. The molecule has 0 bridgehead atoms. The highest BCUT2D eigenvalue weighted by Crippen LogP contribution is 2.35. The number of halogens is 1. The summed E-state index contributed by atoms with van der Waals surface area (Å²) in [7, 11) is 3.14. The number of aliphatic hydroxyl groups is 1. The molecule has 0 amide bonds. The summed E-state index contributed by atoms with van der Waals surface area (Å²) < 4.78 is 10.5. The molecule has 0 radical (unpaired) electrons. The van der Waals surface area contributed by atoms with Crippen molar-refractivity contribution in [3.05, 3.63) is 58.1 Å².